The second-order valence-corrected chi connectivity index (χ2v) is 8.66. The molecule has 0 aliphatic carbocycles. The normalized spacial score (nSPS) is 15.8. The van der Waals surface area contributed by atoms with E-state index in [2.05, 4.69) is 50.0 Å². The molecular formula is C20H24BrLiN2O4S2. The summed E-state index contributed by atoms with van der Waals surface area (Å²) in [7, 11) is 0. The Morgan fingerprint density at radius 3 is 1.70 bits per heavy atom. The summed E-state index contributed by atoms with van der Waals surface area (Å²) in [5.41, 5.74) is 2.37. The third-order valence-electron chi connectivity index (χ3n) is 4.76. The Kier molecular flexibility index (Phi) is 13.5. The molecule has 2 fully saturated rings. The third-order valence-corrected chi connectivity index (χ3v) is 5.89. The summed E-state index contributed by atoms with van der Waals surface area (Å²) in [6, 6.07) is 15.6. The van der Waals surface area contributed by atoms with Crippen molar-refractivity contribution in [3.63, 3.8) is 0 Å². The molecule has 2 aromatic carbocycles. The summed E-state index contributed by atoms with van der Waals surface area (Å²) in [6.07, 6.45) is 5.08. The fraction of sp³-hybridized carbons (Fsp3) is 0.400. The van der Waals surface area contributed by atoms with Crippen LogP contribution in [0.25, 0.3) is 0 Å². The molecule has 0 radical (unpaired) electrons. The molecule has 30 heavy (non-hydrogen) atoms. The van der Waals surface area contributed by atoms with Crippen LogP contribution in [0, 0.1) is 0 Å². The zero-order valence-electron chi connectivity index (χ0n) is 17.0. The van der Waals surface area contributed by atoms with Gasteiger partial charge in [0.15, 0.2) is 0 Å². The molecule has 1 unspecified atom stereocenters. The molecule has 2 aliphatic rings. The number of nitrogens with zero attached hydrogens (tertiary/aromatic N) is 2. The Balaban J connectivity index is 0.000000260. The first-order chi connectivity index (χ1) is 14.0. The summed E-state index contributed by atoms with van der Waals surface area (Å²) < 4.78 is 39.3. The second-order valence-electron chi connectivity index (χ2n) is 6.67. The van der Waals surface area contributed by atoms with Gasteiger partial charge in [-0.3, -0.25) is 4.21 Å². The van der Waals surface area contributed by atoms with Crippen LogP contribution in [0.3, 0.4) is 0 Å². The van der Waals surface area contributed by atoms with E-state index in [-0.39, 0.29) is 18.9 Å². The molecule has 2 aromatic rings. The van der Waals surface area contributed by atoms with Gasteiger partial charge in [0.25, 0.3) is 0 Å². The minimum absolute atomic E-state index is 0. The van der Waals surface area contributed by atoms with Gasteiger partial charge in [0.1, 0.15) is 0 Å². The Morgan fingerprint density at radius 1 is 0.833 bits per heavy atom. The third kappa shape index (κ3) is 9.04. The van der Waals surface area contributed by atoms with E-state index in [9.17, 15) is 8.76 Å². The largest absolute Gasteiger partial charge is 1.00 e. The van der Waals surface area contributed by atoms with Gasteiger partial charge in [0, 0.05) is 46.9 Å². The van der Waals surface area contributed by atoms with E-state index >= 15 is 0 Å². The molecule has 4 rings (SSSR count). The van der Waals surface area contributed by atoms with Crippen LogP contribution in [0.2, 0.25) is 0 Å². The number of halogens is 1. The quantitative estimate of drug-likeness (QED) is 0.454. The van der Waals surface area contributed by atoms with Crippen LogP contribution in [0.4, 0.5) is 11.4 Å². The number of hydrogen-bond donors (Lipinski definition) is 0. The summed E-state index contributed by atoms with van der Waals surface area (Å²) in [6.45, 7) is 4.51. The van der Waals surface area contributed by atoms with Crippen LogP contribution in [-0.2, 0) is 22.7 Å². The first-order valence-electron chi connectivity index (χ1n) is 9.41. The zero-order chi connectivity index (χ0) is 21.1. The van der Waals surface area contributed by atoms with E-state index in [1.54, 1.807) is 18.2 Å². The van der Waals surface area contributed by atoms with E-state index in [1.165, 1.54) is 48.9 Å². The average Bonchev–Trinajstić information content (AvgIpc) is 3.43. The van der Waals surface area contributed by atoms with E-state index in [1.807, 2.05) is 6.07 Å². The molecule has 158 valence electrons. The maximum Gasteiger partial charge on any atom is 1.00 e. The summed E-state index contributed by atoms with van der Waals surface area (Å²) in [5, 5.41) is 0. The van der Waals surface area contributed by atoms with Gasteiger partial charge >= 0.3 is 30.4 Å². The van der Waals surface area contributed by atoms with Crippen LogP contribution < -0.4 is 28.7 Å². The average molecular weight is 507 g/mol. The molecule has 0 saturated carbocycles. The Hall–Kier alpha value is -0.953. The first-order valence-corrected chi connectivity index (χ1v) is 11.9. The predicted octanol–water partition coefficient (Wildman–Crippen LogP) is 0.908. The van der Waals surface area contributed by atoms with Gasteiger partial charge in [0.2, 0.25) is 0 Å². The van der Waals surface area contributed by atoms with Crippen molar-refractivity contribution in [2.24, 2.45) is 0 Å². The molecular weight excluding hydrogens is 483 g/mol. The number of hydrogen-bond acceptors (Lipinski definition) is 6. The molecule has 0 bridgehead atoms. The number of anilines is 2. The molecule has 2 heterocycles. The van der Waals surface area contributed by atoms with Crippen LogP contribution >= 0.6 is 15.9 Å². The van der Waals surface area contributed by atoms with E-state index < -0.39 is 22.7 Å². The van der Waals surface area contributed by atoms with Crippen molar-refractivity contribution in [2.75, 3.05) is 36.0 Å². The number of rotatable bonds is 3. The maximum absolute atomic E-state index is 10.7. The molecule has 0 aromatic heterocycles. The molecule has 0 spiro atoms. The van der Waals surface area contributed by atoms with Crippen LogP contribution in [0.5, 0.6) is 0 Å². The maximum atomic E-state index is 10.7. The zero-order valence-corrected chi connectivity index (χ0v) is 20.2. The SMILES string of the molecule is Brc1cccc(N2CCCC2)c1.O=S([O-])c1cccc(N2CCCC2)c1.O=S=O.[Li+]. The monoisotopic (exact) mass is 506 g/mol. The molecule has 2 aliphatic heterocycles. The van der Waals surface area contributed by atoms with Gasteiger partial charge in [-0.15, -0.1) is 0 Å². The van der Waals surface area contributed by atoms with E-state index in [4.69, 9.17) is 8.42 Å². The Morgan fingerprint density at radius 2 is 1.27 bits per heavy atom. The summed E-state index contributed by atoms with van der Waals surface area (Å²) >= 11 is 0.617. The minimum atomic E-state index is -2.12. The predicted molar refractivity (Wildman–Crippen MR) is 120 cm³/mol. The van der Waals surface area contributed by atoms with E-state index in [0.29, 0.717) is 4.90 Å². The van der Waals surface area contributed by atoms with Crippen molar-refractivity contribution in [3.05, 3.63) is 53.0 Å². The molecule has 0 N–H and O–H groups in total. The molecule has 1 atom stereocenters. The first kappa shape index (κ1) is 27.1. The standard InChI is InChI=1S/C10H12BrN.C10H13NO2S.Li.O2S/c11-9-4-3-5-10(8-9)12-6-1-2-7-12;12-14(13)10-5-3-4-9(8-10)11-6-1-2-7-11;;1-3-2/h3-5,8H,1-2,6-7H2;3-5,8H,1-2,6-7H2,(H,12,13);;/q;;+1;/p-1. The van der Waals surface area contributed by atoms with Gasteiger partial charge in [0.05, 0.1) is 0 Å². The van der Waals surface area contributed by atoms with Crippen molar-refractivity contribution < 1.29 is 36.0 Å². The minimum Gasteiger partial charge on any atom is -0.768 e. The van der Waals surface area contributed by atoms with Gasteiger partial charge in [-0.05, 0) is 73.2 Å². The van der Waals surface area contributed by atoms with Crippen LogP contribution in [0.15, 0.2) is 57.9 Å². The van der Waals surface area contributed by atoms with Crippen molar-refractivity contribution in [3.8, 4) is 0 Å². The molecule has 2 saturated heterocycles. The fourth-order valence-electron chi connectivity index (χ4n) is 3.41. The smallest absolute Gasteiger partial charge is 0.768 e. The van der Waals surface area contributed by atoms with Gasteiger partial charge in [-0.2, -0.15) is 8.42 Å². The van der Waals surface area contributed by atoms with Gasteiger partial charge in [-0.25, -0.2) is 0 Å². The second kappa shape index (κ2) is 14.9. The van der Waals surface area contributed by atoms with Crippen LogP contribution in [-0.4, -0.2) is 43.4 Å². The molecule has 6 nitrogen and oxygen atoms in total. The molecule has 0 amide bonds. The fourth-order valence-corrected chi connectivity index (χ4v) is 4.20. The summed E-state index contributed by atoms with van der Waals surface area (Å²) in [4.78, 5) is 5.02. The Labute approximate surface area is 204 Å². The van der Waals surface area contributed by atoms with Gasteiger partial charge < -0.3 is 14.4 Å². The topological polar surface area (TPSA) is 80.8 Å². The Bertz CT molecular complexity index is 841. The van der Waals surface area contributed by atoms with Crippen molar-refractivity contribution in [1.29, 1.82) is 0 Å². The van der Waals surface area contributed by atoms with Crippen molar-refractivity contribution in [2.45, 2.75) is 30.6 Å². The van der Waals surface area contributed by atoms with Crippen molar-refractivity contribution >= 4 is 50.0 Å². The van der Waals surface area contributed by atoms with E-state index in [0.717, 1.165) is 18.8 Å². The van der Waals surface area contributed by atoms with Crippen molar-refractivity contribution in [1.82, 2.24) is 0 Å². The van der Waals surface area contributed by atoms with Gasteiger partial charge in [-0.1, -0.05) is 28.1 Å². The molecule has 10 heteroatoms. The van der Waals surface area contributed by atoms with Crippen LogP contribution in [0.1, 0.15) is 25.7 Å². The number of benzene rings is 2. The summed E-state index contributed by atoms with van der Waals surface area (Å²) in [5.74, 6) is 0.